The summed E-state index contributed by atoms with van der Waals surface area (Å²) < 4.78 is 12.7. The number of hydrogen-bond donors (Lipinski definition) is 1. The summed E-state index contributed by atoms with van der Waals surface area (Å²) in [6, 6.07) is 2.78. The Labute approximate surface area is 69.4 Å². The third kappa shape index (κ3) is 1.52. The van der Waals surface area contributed by atoms with Gasteiger partial charge in [-0.15, -0.1) is 0 Å². The normalized spacial score (nSPS) is 10.2. The summed E-state index contributed by atoms with van der Waals surface area (Å²) in [6.07, 6.45) is 0. The zero-order valence-electron chi connectivity index (χ0n) is 6.06. The van der Waals surface area contributed by atoms with Crippen LogP contribution in [-0.2, 0) is 6.61 Å². The van der Waals surface area contributed by atoms with E-state index < -0.39 is 0 Å². The van der Waals surface area contributed by atoms with E-state index in [9.17, 15) is 4.39 Å². The van der Waals surface area contributed by atoms with Gasteiger partial charge in [0.25, 0.3) is 0 Å². The molecule has 0 fully saturated rings. The van der Waals surface area contributed by atoms with Crippen LogP contribution in [0.15, 0.2) is 12.1 Å². The fourth-order valence-electron chi connectivity index (χ4n) is 0.840. The van der Waals surface area contributed by atoms with E-state index in [0.29, 0.717) is 16.1 Å². The van der Waals surface area contributed by atoms with Gasteiger partial charge >= 0.3 is 0 Å². The Hall–Kier alpha value is -0.600. The van der Waals surface area contributed by atoms with Crippen LogP contribution in [0.1, 0.15) is 11.1 Å². The smallest absolute Gasteiger partial charge is 0.127 e. The molecule has 0 radical (unpaired) electrons. The van der Waals surface area contributed by atoms with Gasteiger partial charge in [-0.25, -0.2) is 4.39 Å². The van der Waals surface area contributed by atoms with Crippen molar-refractivity contribution in [2.45, 2.75) is 13.5 Å². The molecule has 0 atom stereocenters. The Bertz CT molecular complexity index is 273. The van der Waals surface area contributed by atoms with Crippen LogP contribution in [0.4, 0.5) is 4.39 Å². The zero-order valence-corrected chi connectivity index (χ0v) is 6.82. The molecule has 1 rings (SSSR count). The minimum absolute atomic E-state index is 0.153. The number of hydrogen-bond acceptors (Lipinski definition) is 1. The molecule has 3 heteroatoms. The van der Waals surface area contributed by atoms with Crippen molar-refractivity contribution >= 4 is 11.6 Å². The van der Waals surface area contributed by atoms with Gasteiger partial charge in [-0.1, -0.05) is 17.7 Å². The van der Waals surface area contributed by atoms with Crippen molar-refractivity contribution < 1.29 is 9.50 Å². The van der Waals surface area contributed by atoms with E-state index in [-0.39, 0.29) is 12.4 Å². The quantitative estimate of drug-likeness (QED) is 0.693. The van der Waals surface area contributed by atoms with Crippen molar-refractivity contribution in [2.24, 2.45) is 0 Å². The Morgan fingerprint density at radius 1 is 1.55 bits per heavy atom. The van der Waals surface area contributed by atoms with Crippen molar-refractivity contribution in [2.75, 3.05) is 0 Å². The molecule has 0 saturated carbocycles. The first-order valence-electron chi connectivity index (χ1n) is 3.21. The average molecular weight is 175 g/mol. The molecule has 1 N–H and O–H groups in total. The van der Waals surface area contributed by atoms with E-state index in [2.05, 4.69) is 0 Å². The van der Waals surface area contributed by atoms with Crippen LogP contribution in [0, 0.1) is 12.7 Å². The van der Waals surface area contributed by atoms with Gasteiger partial charge < -0.3 is 5.11 Å². The van der Waals surface area contributed by atoms with E-state index in [1.165, 1.54) is 12.1 Å². The highest BCUT2D eigenvalue weighted by Crippen LogP contribution is 2.22. The molecule has 1 nitrogen and oxygen atoms in total. The second-order valence-electron chi connectivity index (χ2n) is 2.30. The van der Waals surface area contributed by atoms with E-state index in [4.69, 9.17) is 16.7 Å². The summed E-state index contributed by atoms with van der Waals surface area (Å²) in [4.78, 5) is 0. The van der Waals surface area contributed by atoms with E-state index >= 15 is 0 Å². The summed E-state index contributed by atoms with van der Waals surface area (Å²) in [7, 11) is 0. The second-order valence-corrected chi connectivity index (χ2v) is 2.68. The monoisotopic (exact) mass is 174 g/mol. The molecular weight excluding hydrogens is 167 g/mol. The third-order valence-electron chi connectivity index (χ3n) is 1.57. The summed E-state index contributed by atoms with van der Waals surface area (Å²) in [5, 5.41) is 9.04. The van der Waals surface area contributed by atoms with Crippen molar-refractivity contribution in [1.82, 2.24) is 0 Å². The molecular formula is C8H8ClFO. The molecule has 0 unspecified atom stereocenters. The first-order valence-corrected chi connectivity index (χ1v) is 3.59. The zero-order chi connectivity index (χ0) is 8.43. The Morgan fingerprint density at radius 2 is 2.18 bits per heavy atom. The summed E-state index contributed by atoms with van der Waals surface area (Å²) in [5.74, 6) is -0.341. The second kappa shape index (κ2) is 3.20. The SMILES string of the molecule is Cc1c(F)ccc(CO)c1Cl. The molecule has 11 heavy (non-hydrogen) atoms. The first-order chi connectivity index (χ1) is 5.16. The minimum atomic E-state index is -0.341. The number of halogens is 2. The predicted octanol–water partition coefficient (Wildman–Crippen LogP) is 2.28. The molecule has 1 aromatic rings. The highest BCUT2D eigenvalue weighted by Gasteiger charge is 2.05. The maximum Gasteiger partial charge on any atom is 0.127 e. The van der Waals surface area contributed by atoms with Gasteiger partial charge in [0.05, 0.1) is 11.6 Å². The van der Waals surface area contributed by atoms with Gasteiger partial charge in [0.2, 0.25) is 0 Å². The molecule has 0 aromatic heterocycles. The lowest BCUT2D eigenvalue weighted by molar-refractivity contribution is 0.281. The van der Waals surface area contributed by atoms with E-state index in [1.54, 1.807) is 6.92 Å². The van der Waals surface area contributed by atoms with Gasteiger partial charge in [-0.2, -0.15) is 0 Å². The lowest BCUT2D eigenvalue weighted by Crippen LogP contribution is -1.90. The molecule has 0 aliphatic carbocycles. The van der Waals surface area contributed by atoms with Crippen LogP contribution in [0.2, 0.25) is 5.02 Å². The van der Waals surface area contributed by atoms with Crippen LogP contribution >= 0.6 is 11.6 Å². The van der Waals surface area contributed by atoms with Crippen molar-refractivity contribution in [3.8, 4) is 0 Å². The van der Waals surface area contributed by atoms with Gasteiger partial charge in [0.15, 0.2) is 0 Å². The molecule has 0 spiro atoms. The lowest BCUT2D eigenvalue weighted by Gasteiger charge is -2.03. The van der Waals surface area contributed by atoms with Crippen LogP contribution in [-0.4, -0.2) is 5.11 Å². The number of rotatable bonds is 1. The molecule has 0 aliphatic heterocycles. The molecule has 0 amide bonds. The fourth-order valence-corrected chi connectivity index (χ4v) is 1.05. The van der Waals surface area contributed by atoms with Gasteiger partial charge in [-0.3, -0.25) is 0 Å². The molecule has 1 aromatic carbocycles. The van der Waals surface area contributed by atoms with Crippen LogP contribution in [0.5, 0.6) is 0 Å². The Morgan fingerprint density at radius 3 is 2.73 bits per heavy atom. The van der Waals surface area contributed by atoms with Crippen LogP contribution < -0.4 is 0 Å². The molecule has 0 bridgehead atoms. The maximum atomic E-state index is 12.7. The third-order valence-corrected chi connectivity index (χ3v) is 2.10. The van der Waals surface area contributed by atoms with Gasteiger partial charge in [0.1, 0.15) is 5.82 Å². The molecule has 0 heterocycles. The van der Waals surface area contributed by atoms with Crippen LogP contribution in [0.3, 0.4) is 0 Å². The van der Waals surface area contributed by atoms with Gasteiger partial charge in [-0.05, 0) is 18.6 Å². The average Bonchev–Trinajstić information content (AvgIpc) is 2.01. The Balaban J connectivity index is 3.25. The molecule has 0 saturated heterocycles. The highest BCUT2D eigenvalue weighted by atomic mass is 35.5. The first kappa shape index (κ1) is 8.50. The van der Waals surface area contributed by atoms with E-state index in [1.807, 2.05) is 0 Å². The molecule has 60 valence electrons. The van der Waals surface area contributed by atoms with E-state index in [0.717, 1.165) is 0 Å². The number of aliphatic hydroxyl groups is 1. The minimum Gasteiger partial charge on any atom is -0.392 e. The number of benzene rings is 1. The summed E-state index contributed by atoms with van der Waals surface area (Å²) >= 11 is 5.70. The standard InChI is InChI=1S/C8H8ClFO/c1-5-7(10)3-2-6(4-11)8(5)9/h2-3,11H,4H2,1H3. The van der Waals surface area contributed by atoms with Crippen molar-refractivity contribution in [1.29, 1.82) is 0 Å². The van der Waals surface area contributed by atoms with Gasteiger partial charge in [0, 0.05) is 5.56 Å². The van der Waals surface area contributed by atoms with Crippen LogP contribution in [0.25, 0.3) is 0 Å². The van der Waals surface area contributed by atoms with Crippen molar-refractivity contribution in [3.05, 3.63) is 34.1 Å². The predicted molar refractivity (Wildman–Crippen MR) is 42.1 cm³/mol. The van der Waals surface area contributed by atoms with Crippen molar-refractivity contribution in [3.63, 3.8) is 0 Å². The largest absolute Gasteiger partial charge is 0.392 e. The summed E-state index contributed by atoms with van der Waals surface area (Å²) in [5.41, 5.74) is 0.948. The molecule has 0 aliphatic rings. The topological polar surface area (TPSA) is 20.2 Å². The number of aliphatic hydroxyl groups excluding tert-OH is 1. The fraction of sp³-hybridized carbons (Fsp3) is 0.250. The maximum absolute atomic E-state index is 12.7. The Kier molecular flexibility index (Phi) is 2.47. The highest BCUT2D eigenvalue weighted by molar-refractivity contribution is 6.32. The lowest BCUT2D eigenvalue weighted by atomic mass is 10.1. The summed E-state index contributed by atoms with van der Waals surface area (Å²) in [6.45, 7) is 1.43.